The number of ether oxygens (including phenoxy) is 1. The molecule has 3 unspecified atom stereocenters. The molecule has 1 saturated heterocycles. The highest BCUT2D eigenvalue weighted by atomic mass is 32.2. The van der Waals surface area contributed by atoms with E-state index in [4.69, 9.17) is 10.5 Å². The van der Waals surface area contributed by atoms with Crippen LogP contribution in [-0.4, -0.2) is 53.5 Å². The Hall–Kier alpha value is -2.20. The van der Waals surface area contributed by atoms with Crippen LogP contribution >= 0.6 is 23.1 Å². The van der Waals surface area contributed by atoms with E-state index in [9.17, 15) is 14.3 Å². The molecule has 34 heavy (non-hydrogen) atoms. The molecule has 2 aromatic heterocycles. The molecule has 3 heterocycles. The molecule has 3 N–H and O–H groups in total. The van der Waals surface area contributed by atoms with Crippen molar-refractivity contribution in [1.29, 1.82) is 0 Å². The lowest BCUT2D eigenvalue weighted by Crippen LogP contribution is -2.44. The first kappa shape index (κ1) is 24.9. The highest BCUT2D eigenvalue weighted by Gasteiger charge is 2.34. The molecule has 9 heteroatoms. The zero-order valence-corrected chi connectivity index (χ0v) is 20.8. The topological polar surface area (TPSA) is 88.7 Å². The van der Waals surface area contributed by atoms with Gasteiger partial charge < -0.3 is 20.5 Å². The fourth-order valence-electron chi connectivity index (χ4n) is 4.73. The Morgan fingerprint density at radius 2 is 2.29 bits per heavy atom. The number of nitrogens with zero attached hydrogens (tertiary/aromatic N) is 2. The molecule has 182 valence electrons. The van der Waals surface area contributed by atoms with Crippen LogP contribution in [0.15, 0.2) is 46.1 Å². The third-order valence-corrected chi connectivity index (χ3v) is 8.42. The van der Waals surface area contributed by atoms with Crippen LogP contribution in [0.2, 0.25) is 0 Å². The standard InChI is InChI=1S/C25H30FN3O3S2/c1-32-17-3-5-23-19(12-17)24(21(26)13-28-23)22(27)4-2-16-6-8-29(14-20(16)25(30)31)9-11-34-18-7-10-33-15-18/h3,5,7,10,12-13,15-16,20,22H,2,4,6,8-9,11,14,27H2,1H3,(H,30,31). The second kappa shape index (κ2) is 11.5. The maximum Gasteiger partial charge on any atom is 0.308 e. The SMILES string of the molecule is COc1ccc2ncc(F)c(C(N)CCC3CCN(CCSc4ccsc4)CC3C(=O)O)c2c1. The van der Waals surface area contributed by atoms with Crippen LogP contribution in [0.4, 0.5) is 4.39 Å². The van der Waals surface area contributed by atoms with Crippen molar-refractivity contribution in [3.8, 4) is 5.75 Å². The molecule has 0 amide bonds. The van der Waals surface area contributed by atoms with Gasteiger partial charge in [0, 0.05) is 46.1 Å². The second-order valence-corrected chi connectivity index (χ2v) is 10.6. The predicted molar refractivity (Wildman–Crippen MR) is 135 cm³/mol. The van der Waals surface area contributed by atoms with Gasteiger partial charge in [0.2, 0.25) is 0 Å². The Morgan fingerprint density at radius 3 is 3.03 bits per heavy atom. The number of carboxylic acid groups (broad SMARTS) is 1. The number of hydrogen-bond donors (Lipinski definition) is 2. The zero-order valence-electron chi connectivity index (χ0n) is 19.2. The summed E-state index contributed by atoms with van der Waals surface area (Å²) in [5, 5.41) is 14.7. The van der Waals surface area contributed by atoms with E-state index >= 15 is 0 Å². The number of aliphatic carboxylic acids is 1. The van der Waals surface area contributed by atoms with E-state index in [2.05, 4.69) is 26.7 Å². The molecule has 1 fully saturated rings. The molecule has 4 rings (SSSR count). The van der Waals surface area contributed by atoms with Crippen LogP contribution in [0.1, 0.15) is 30.9 Å². The average molecular weight is 504 g/mol. The summed E-state index contributed by atoms with van der Waals surface area (Å²) in [4.78, 5) is 19.7. The summed E-state index contributed by atoms with van der Waals surface area (Å²) in [7, 11) is 1.56. The molecular formula is C25H30FN3O3S2. The number of nitrogens with two attached hydrogens (primary N) is 1. The summed E-state index contributed by atoms with van der Waals surface area (Å²) in [6.45, 7) is 2.29. The Kier molecular flexibility index (Phi) is 8.41. The number of carboxylic acids is 1. The number of methoxy groups -OCH3 is 1. The van der Waals surface area contributed by atoms with Gasteiger partial charge >= 0.3 is 5.97 Å². The zero-order chi connectivity index (χ0) is 24.1. The Balaban J connectivity index is 1.38. The molecule has 1 aromatic carbocycles. The average Bonchev–Trinajstić information content (AvgIpc) is 3.36. The summed E-state index contributed by atoms with van der Waals surface area (Å²) in [5.74, 6) is -0.0682. The fourth-order valence-corrected chi connectivity index (χ4v) is 6.52. The normalized spacial score (nSPS) is 19.9. The van der Waals surface area contributed by atoms with E-state index in [1.54, 1.807) is 48.4 Å². The second-order valence-electron chi connectivity index (χ2n) is 8.69. The van der Waals surface area contributed by atoms with Crippen LogP contribution in [-0.2, 0) is 4.79 Å². The number of thioether (sulfide) groups is 1. The largest absolute Gasteiger partial charge is 0.497 e. The monoisotopic (exact) mass is 503 g/mol. The van der Waals surface area contributed by atoms with Gasteiger partial charge in [-0.1, -0.05) is 0 Å². The molecule has 3 atom stereocenters. The Morgan fingerprint density at radius 1 is 1.44 bits per heavy atom. The van der Waals surface area contributed by atoms with Gasteiger partial charge in [-0.05, 0) is 61.4 Å². The number of aromatic nitrogens is 1. The van der Waals surface area contributed by atoms with Crippen molar-refractivity contribution in [3.05, 3.63) is 52.6 Å². The lowest BCUT2D eigenvalue weighted by Gasteiger charge is -2.37. The van der Waals surface area contributed by atoms with Crippen molar-refractivity contribution in [1.82, 2.24) is 9.88 Å². The van der Waals surface area contributed by atoms with Crippen molar-refractivity contribution in [2.45, 2.75) is 30.2 Å². The van der Waals surface area contributed by atoms with E-state index in [0.29, 0.717) is 41.6 Å². The number of carbonyl (C=O) groups is 1. The molecule has 3 aromatic rings. The molecule has 0 radical (unpaired) electrons. The summed E-state index contributed by atoms with van der Waals surface area (Å²) in [5.41, 5.74) is 7.54. The number of fused-ring (bicyclic) bond motifs is 1. The van der Waals surface area contributed by atoms with Crippen LogP contribution < -0.4 is 10.5 Å². The van der Waals surface area contributed by atoms with E-state index in [-0.39, 0.29) is 5.92 Å². The maximum absolute atomic E-state index is 14.8. The van der Waals surface area contributed by atoms with Crippen LogP contribution in [0.5, 0.6) is 5.75 Å². The van der Waals surface area contributed by atoms with E-state index in [1.807, 2.05) is 0 Å². The number of benzene rings is 1. The van der Waals surface area contributed by atoms with E-state index in [0.717, 1.165) is 25.3 Å². The number of piperidine rings is 1. The summed E-state index contributed by atoms with van der Waals surface area (Å²) >= 11 is 3.49. The molecule has 0 spiro atoms. The molecule has 6 nitrogen and oxygen atoms in total. The highest BCUT2D eigenvalue weighted by molar-refractivity contribution is 7.99. The Bertz CT molecular complexity index is 1110. The molecule has 1 aliphatic heterocycles. The minimum atomic E-state index is -0.765. The van der Waals surface area contributed by atoms with Crippen molar-refractivity contribution in [2.24, 2.45) is 17.6 Å². The fraction of sp³-hybridized carbons (Fsp3) is 0.440. The molecular weight excluding hydrogens is 473 g/mol. The summed E-state index contributed by atoms with van der Waals surface area (Å²) in [6.07, 6.45) is 3.16. The van der Waals surface area contributed by atoms with Gasteiger partial charge in [0.05, 0.1) is 24.7 Å². The first-order valence-electron chi connectivity index (χ1n) is 11.4. The van der Waals surface area contributed by atoms with Gasteiger partial charge in [-0.15, -0.1) is 11.8 Å². The van der Waals surface area contributed by atoms with Crippen LogP contribution in [0.3, 0.4) is 0 Å². The minimum absolute atomic E-state index is 0.0232. The van der Waals surface area contributed by atoms with E-state index < -0.39 is 23.7 Å². The van der Waals surface area contributed by atoms with Crippen molar-refractivity contribution >= 4 is 40.0 Å². The van der Waals surface area contributed by atoms with Crippen molar-refractivity contribution < 1.29 is 19.0 Å². The van der Waals surface area contributed by atoms with Gasteiger partial charge in [0.25, 0.3) is 0 Å². The Labute approximate surface area is 207 Å². The maximum atomic E-state index is 14.8. The number of pyridine rings is 1. The third-order valence-electron chi connectivity index (χ3n) is 6.62. The predicted octanol–water partition coefficient (Wildman–Crippen LogP) is 5.04. The number of thiophene rings is 1. The van der Waals surface area contributed by atoms with Gasteiger partial charge in [-0.25, -0.2) is 4.39 Å². The van der Waals surface area contributed by atoms with Crippen molar-refractivity contribution in [2.75, 3.05) is 32.5 Å². The third kappa shape index (κ3) is 5.89. The lowest BCUT2D eigenvalue weighted by molar-refractivity contribution is -0.146. The smallest absolute Gasteiger partial charge is 0.308 e. The van der Waals surface area contributed by atoms with Gasteiger partial charge in [0.15, 0.2) is 0 Å². The molecule has 0 bridgehead atoms. The number of likely N-dealkylation sites (tertiary alicyclic amines) is 1. The van der Waals surface area contributed by atoms with Gasteiger partial charge in [0.1, 0.15) is 11.6 Å². The lowest BCUT2D eigenvalue weighted by atomic mass is 9.81. The minimum Gasteiger partial charge on any atom is -0.497 e. The van der Waals surface area contributed by atoms with Crippen molar-refractivity contribution in [3.63, 3.8) is 0 Å². The summed E-state index contributed by atoms with van der Waals surface area (Å²) in [6, 6.07) is 6.89. The first-order valence-corrected chi connectivity index (χ1v) is 13.4. The molecule has 0 saturated carbocycles. The summed E-state index contributed by atoms with van der Waals surface area (Å²) < 4.78 is 20.1. The van der Waals surface area contributed by atoms with Crippen LogP contribution in [0.25, 0.3) is 10.9 Å². The molecule has 0 aliphatic carbocycles. The first-order chi connectivity index (χ1) is 16.5. The quantitative estimate of drug-likeness (QED) is 0.375. The number of hydrogen-bond acceptors (Lipinski definition) is 7. The van der Waals surface area contributed by atoms with Crippen LogP contribution in [0, 0.1) is 17.7 Å². The van der Waals surface area contributed by atoms with Gasteiger partial charge in [-0.3, -0.25) is 9.78 Å². The number of halogens is 1. The highest BCUT2D eigenvalue weighted by Crippen LogP contribution is 2.34. The number of rotatable bonds is 10. The van der Waals surface area contributed by atoms with Gasteiger partial charge in [-0.2, -0.15) is 11.3 Å². The van der Waals surface area contributed by atoms with E-state index in [1.165, 1.54) is 11.1 Å². The molecule has 1 aliphatic rings.